The lowest BCUT2D eigenvalue weighted by atomic mass is 10.2. The van der Waals surface area contributed by atoms with Crippen molar-refractivity contribution in [3.63, 3.8) is 0 Å². The molecule has 0 radical (unpaired) electrons. The van der Waals surface area contributed by atoms with Crippen molar-refractivity contribution in [2.45, 2.75) is 6.92 Å². The summed E-state index contributed by atoms with van der Waals surface area (Å²) in [5, 5.41) is 3.61. The zero-order valence-corrected chi connectivity index (χ0v) is 17.0. The lowest BCUT2D eigenvalue weighted by molar-refractivity contribution is -0.127. The monoisotopic (exact) mass is 447 g/mol. The fourth-order valence-corrected chi connectivity index (χ4v) is 2.83. The molecule has 0 unspecified atom stereocenters. The number of carbonyl (C=O) groups is 1. The van der Waals surface area contributed by atoms with Crippen molar-refractivity contribution in [3.05, 3.63) is 46.9 Å². The van der Waals surface area contributed by atoms with Gasteiger partial charge in [-0.3, -0.25) is 4.79 Å². The first-order valence-electron chi connectivity index (χ1n) is 8.46. The number of hydrogen-bond acceptors (Lipinski definition) is 6. The molecule has 3 rings (SSSR count). The van der Waals surface area contributed by atoms with Crippen LogP contribution < -0.4 is 15.8 Å². The van der Waals surface area contributed by atoms with Gasteiger partial charge in [-0.25, -0.2) is 14.4 Å². The van der Waals surface area contributed by atoms with Gasteiger partial charge in [0.2, 0.25) is 5.91 Å². The number of aromatic nitrogens is 2. The predicted molar refractivity (Wildman–Crippen MR) is 110 cm³/mol. The van der Waals surface area contributed by atoms with E-state index in [0.29, 0.717) is 45.8 Å². The van der Waals surface area contributed by atoms with Crippen LogP contribution in [-0.2, 0) is 4.79 Å². The van der Waals surface area contributed by atoms with Gasteiger partial charge in [-0.2, -0.15) is 0 Å². The van der Waals surface area contributed by atoms with Crippen LogP contribution >= 0.6 is 15.9 Å². The first kappa shape index (κ1) is 19.8. The van der Waals surface area contributed by atoms with Gasteiger partial charge < -0.3 is 20.7 Å². The second-order valence-corrected chi connectivity index (χ2v) is 7.08. The number of amides is 1. The van der Waals surface area contributed by atoms with E-state index in [1.807, 2.05) is 0 Å². The second kappa shape index (κ2) is 8.39. The molecule has 0 saturated carbocycles. The molecule has 1 amide bonds. The minimum atomic E-state index is -0.413. The summed E-state index contributed by atoms with van der Waals surface area (Å²) in [6.45, 7) is 2.22. The van der Waals surface area contributed by atoms with Crippen LogP contribution in [-0.4, -0.2) is 41.0 Å². The maximum atomic E-state index is 14.1. The van der Waals surface area contributed by atoms with Crippen LogP contribution in [0.5, 0.6) is 5.75 Å². The summed E-state index contributed by atoms with van der Waals surface area (Å²) in [6, 6.07) is 8.08. The number of nitrogen functional groups attached to an aromatic ring is 1. The highest BCUT2D eigenvalue weighted by molar-refractivity contribution is 9.10. The molecule has 0 spiro atoms. The molecule has 1 heterocycles. The largest absolute Gasteiger partial charge is 0.490 e. The lowest BCUT2D eigenvalue weighted by Gasteiger charge is -2.16. The van der Waals surface area contributed by atoms with Gasteiger partial charge in [0.25, 0.3) is 0 Å². The average Bonchev–Trinajstić information content (AvgIpc) is 2.64. The summed E-state index contributed by atoms with van der Waals surface area (Å²) < 4.78 is 20.5. The molecule has 28 heavy (non-hydrogen) atoms. The topological polar surface area (TPSA) is 93.4 Å². The fourth-order valence-electron chi connectivity index (χ4n) is 2.49. The first-order valence-corrected chi connectivity index (χ1v) is 9.25. The Morgan fingerprint density at radius 1 is 1.32 bits per heavy atom. The third-order valence-electron chi connectivity index (χ3n) is 4.17. The molecule has 0 bridgehead atoms. The summed E-state index contributed by atoms with van der Waals surface area (Å²) in [5.41, 5.74) is 7.38. The van der Waals surface area contributed by atoms with Gasteiger partial charge in [-0.1, -0.05) is 15.9 Å². The summed E-state index contributed by atoms with van der Waals surface area (Å²) in [5.74, 6) is 0.437. The molecule has 1 aromatic heterocycles. The number of rotatable bonds is 6. The third-order valence-corrected chi connectivity index (χ3v) is 4.67. The van der Waals surface area contributed by atoms with Gasteiger partial charge in [-0.15, -0.1) is 0 Å². The minimum Gasteiger partial charge on any atom is -0.490 e. The van der Waals surface area contributed by atoms with E-state index in [9.17, 15) is 9.18 Å². The quantitative estimate of drug-likeness (QED) is 0.559. The number of fused-ring (bicyclic) bond motifs is 1. The van der Waals surface area contributed by atoms with Crippen LogP contribution in [0.1, 0.15) is 6.92 Å². The molecule has 0 aliphatic heterocycles. The number of nitrogens with one attached hydrogen (secondary N) is 1. The van der Waals surface area contributed by atoms with Crippen LogP contribution in [0.3, 0.4) is 0 Å². The normalized spacial score (nSPS) is 10.7. The highest BCUT2D eigenvalue weighted by atomic mass is 79.9. The average molecular weight is 448 g/mol. The van der Waals surface area contributed by atoms with Crippen molar-refractivity contribution < 1.29 is 13.9 Å². The molecule has 146 valence electrons. The molecular formula is C19H19BrFN5O2. The van der Waals surface area contributed by atoms with Crippen molar-refractivity contribution in [1.29, 1.82) is 0 Å². The van der Waals surface area contributed by atoms with Crippen molar-refractivity contribution in [1.82, 2.24) is 14.9 Å². The molecular weight excluding hydrogens is 429 g/mol. The summed E-state index contributed by atoms with van der Waals surface area (Å²) >= 11 is 3.23. The molecule has 0 fully saturated rings. The van der Waals surface area contributed by atoms with E-state index in [-0.39, 0.29) is 11.6 Å². The lowest BCUT2D eigenvalue weighted by Crippen LogP contribution is -2.28. The molecule has 3 aromatic rings. The first-order chi connectivity index (χ1) is 13.3. The summed E-state index contributed by atoms with van der Waals surface area (Å²) in [7, 11) is 1.70. The Kier molecular flexibility index (Phi) is 5.93. The van der Waals surface area contributed by atoms with Crippen LogP contribution in [0.25, 0.3) is 10.9 Å². The van der Waals surface area contributed by atoms with E-state index in [1.165, 1.54) is 19.3 Å². The third kappa shape index (κ3) is 4.48. The Morgan fingerprint density at radius 3 is 2.82 bits per heavy atom. The van der Waals surface area contributed by atoms with Gasteiger partial charge in [0, 0.05) is 29.9 Å². The Labute approximate surface area is 169 Å². The molecule has 3 N–H and O–H groups in total. The number of nitrogens with zero attached hydrogens (tertiary/aromatic N) is 3. The van der Waals surface area contributed by atoms with Crippen molar-refractivity contribution in [2.75, 3.05) is 31.2 Å². The Bertz CT molecular complexity index is 1030. The molecule has 0 atom stereocenters. The smallest absolute Gasteiger partial charge is 0.219 e. The fraction of sp³-hybridized carbons (Fsp3) is 0.211. The van der Waals surface area contributed by atoms with Crippen molar-refractivity contribution in [3.8, 4) is 5.75 Å². The Morgan fingerprint density at radius 2 is 2.11 bits per heavy atom. The maximum Gasteiger partial charge on any atom is 0.219 e. The Hall–Kier alpha value is -2.94. The standard InChI is InChI=1S/C19H19BrFN5O2/c1-11(27)26(2)5-6-28-18-9-17-13(8-15(18)22)19(24-10-23-17)25-16-4-3-12(20)7-14(16)21/h3-4,7-10H,5-6,22H2,1-2H3,(H,23,24,25). The van der Waals surface area contributed by atoms with E-state index in [2.05, 4.69) is 31.2 Å². The Balaban J connectivity index is 1.84. The maximum absolute atomic E-state index is 14.1. The zero-order valence-electron chi connectivity index (χ0n) is 15.4. The van der Waals surface area contributed by atoms with E-state index in [4.69, 9.17) is 10.5 Å². The van der Waals surface area contributed by atoms with E-state index in [0.717, 1.165) is 0 Å². The molecule has 2 aromatic carbocycles. The number of halogens is 2. The van der Waals surface area contributed by atoms with Crippen LogP contribution in [0.2, 0.25) is 0 Å². The number of nitrogens with two attached hydrogens (primary N) is 1. The van der Waals surface area contributed by atoms with E-state index < -0.39 is 5.82 Å². The molecule has 0 aliphatic carbocycles. The number of ether oxygens (including phenoxy) is 1. The molecule has 0 saturated heterocycles. The number of benzene rings is 2. The predicted octanol–water partition coefficient (Wildman–Crippen LogP) is 3.71. The highest BCUT2D eigenvalue weighted by Crippen LogP contribution is 2.32. The highest BCUT2D eigenvalue weighted by Gasteiger charge is 2.12. The van der Waals surface area contributed by atoms with Gasteiger partial charge in [0.05, 0.1) is 23.4 Å². The van der Waals surface area contributed by atoms with Gasteiger partial charge >= 0.3 is 0 Å². The number of anilines is 3. The summed E-state index contributed by atoms with van der Waals surface area (Å²) in [4.78, 5) is 21.2. The zero-order chi connectivity index (χ0) is 20.3. The minimum absolute atomic E-state index is 0.0429. The molecule has 7 nitrogen and oxygen atoms in total. The van der Waals surface area contributed by atoms with Gasteiger partial charge in [-0.05, 0) is 24.3 Å². The van der Waals surface area contributed by atoms with Crippen molar-refractivity contribution >= 4 is 49.9 Å². The van der Waals surface area contributed by atoms with Crippen LogP contribution in [0.15, 0.2) is 41.1 Å². The van der Waals surface area contributed by atoms with Crippen LogP contribution in [0, 0.1) is 5.82 Å². The van der Waals surface area contributed by atoms with Crippen LogP contribution in [0.4, 0.5) is 21.6 Å². The van der Waals surface area contributed by atoms with E-state index >= 15 is 0 Å². The molecule has 0 aliphatic rings. The van der Waals surface area contributed by atoms with E-state index in [1.54, 1.807) is 36.2 Å². The summed E-state index contributed by atoms with van der Waals surface area (Å²) in [6.07, 6.45) is 1.38. The number of carbonyl (C=O) groups excluding carboxylic acids is 1. The molecule has 9 heteroatoms. The number of likely N-dealkylation sites (N-methyl/N-ethyl adjacent to an activating group) is 1. The SMILES string of the molecule is CC(=O)N(C)CCOc1cc2ncnc(Nc3ccc(Br)cc3F)c2cc1N. The van der Waals surface area contributed by atoms with Gasteiger partial charge in [0.15, 0.2) is 0 Å². The van der Waals surface area contributed by atoms with Crippen molar-refractivity contribution in [2.24, 2.45) is 0 Å². The van der Waals surface area contributed by atoms with Gasteiger partial charge in [0.1, 0.15) is 30.3 Å². The second-order valence-electron chi connectivity index (χ2n) is 6.17. The number of hydrogen-bond donors (Lipinski definition) is 2.